The molecule has 1 aliphatic heterocycles. The lowest BCUT2D eigenvalue weighted by Crippen LogP contribution is -2.21. The Balaban J connectivity index is 1.91. The van der Waals surface area contributed by atoms with Crippen molar-refractivity contribution in [3.63, 3.8) is 0 Å². The van der Waals surface area contributed by atoms with Gasteiger partial charge in [0.2, 0.25) is 0 Å². The second kappa shape index (κ2) is 8.13. The lowest BCUT2D eigenvalue weighted by atomic mass is 10.1. The standard InChI is InChI=1S/C17H28N2O2/c1-4-5-9-19(2)10-6-7-14-12-15-17(16(13-14)20-3)21-11-8-18-15/h12-13,18H,4-11H2,1-3H3. The van der Waals surface area contributed by atoms with Crippen molar-refractivity contribution in [2.75, 3.05) is 45.7 Å². The van der Waals surface area contributed by atoms with Crippen molar-refractivity contribution in [3.8, 4) is 11.5 Å². The van der Waals surface area contributed by atoms with Gasteiger partial charge in [-0.15, -0.1) is 0 Å². The molecule has 1 aromatic rings. The summed E-state index contributed by atoms with van der Waals surface area (Å²) in [5, 5.41) is 3.39. The fraction of sp³-hybridized carbons (Fsp3) is 0.647. The van der Waals surface area contributed by atoms with Gasteiger partial charge in [-0.1, -0.05) is 13.3 Å². The van der Waals surface area contributed by atoms with E-state index in [-0.39, 0.29) is 0 Å². The molecular weight excluding hydrogens is 264 g/mol. The van der Waals surface area contributed by atoms with Gasteiger partial charge in [0.05, 0.1) is 12.8 Å². The summed E-state index contributed by atoms with van der Waals surface area (Å²) in [7, 11) is 3.91. The Labute approximate surface area is 128 Å². The SMILES string of the molecule is CCCCN(C)CCCc1cc2c(c(OC)c1)OCCN2. The van der Waals surface area contributed by atoms with Crippen LogP contribution in [0.4, 0.5) is 5.69 Å². The number of nitrogens with one attached hydrogen (secondary N) is 1. The summed E-state index contributed by atoms with van der Waals surface area (Å²) >= 11 is 0. The van der Waals surface area contributed by atoms with Crippen LogP contribution in [0.25, 0.3) is 0 Å². The van der Waals surface area contributed by atoms with Gasteiger partial charge in [-0.25, -0.2) is 0 Å². The second-order valence-electron chi connectivity index (χ2n) is 5.71. The minimum Gasteiger partial charge on any atom is -0.493 e. The first-order chi connectivity index (χ1) is 10.2. The van der Waals surface area contributed by atoms with E-state index in [1.807, 2.05) is 0 Å². The lowest BCUT2D eigenvalue weighted by Gasteiger charge is -2.22. The molecule has 0 atom stereocenters. The predicted octanol–water partition coefficient (Wildman–Crippen LogP) is 3.16. The highest BCUT2D eigenvalue weighted by Gasteiger charge is 2.16. The third-order valence-electron chi connectivity index (χ3n) is 3.90. The number of fused-ring (bicyclic) bond motifs is 1. The summed E-state index contributed by atoms with van der Waals surface area (Å²) in [6.45, 7) is 6.13. The number of benzene rings is 1. The van der Waals surface area contributed by atoms with E-state index in [9.17, 15) is 0 Å². The highest BCUT2D eigenvalue weighted by Crippen LogP contribution is 2.38. The molecule has 0 amide bonds. The van der Waals surface area contributed by atoms with Gasteiger partial charge in [-0.2, -0.15) is 0 Å². The van der Waals surface area contributed by atoms with Crippen molar-refractivity contribution >= 4 is 5.69 Å². The summed E-state index contributed by atoms with van der Waals surface area (Å²) in [5.74, 6) is 1.70. The first-order valence-corrected chi connectivity index (χ1v) is 8.00. The molecule has 4 nitrogen and oxygen atoms in total. The third-order valence-corrected chi connectivity index (χ3v) is 3.90. The molecule has 21 heavy (non-hydrogen) atoms. The summed E-state index contributed by atoms with van der Waals surface area (Å²) in [6, 6.07) is 4.31. The van der Waals surface area contributed by atoms with Gasteiger partial charge in [-0.05, 0) is 57.1 Å². The molecule has 0 aromatic heterocycles. The van der Waals surface area contributed by atoms with Crippen molar-refractivity contribution in [2.45, 2.75) is 32.6 Å². The van der Waals surface area contributed by atoms with Crippen LogP contribution >= 0.6 is 0 Å². The number of aryl methyl sites for hydroxylation is 1. The van der Waals surface area contributed by atoms with Gasteiger partial charge >= 0.3 is 0 Å². The maximum Gasteiger partial charge on any atom is 0.184 e. The van der Waals surface area contributed by atoms with Crippen LogP contribution in [-0.2, 0) is 6.42 Å². The Bertz CT molecular complexity index is 431. The molecule has 4 heteroatoms. The average molecular weight is 292 g/mol. The van der Waals surface area contributed by atoms with Crippen molar-refractivity contribution in [3.05, 3.63) is 17.7 Å². The van der Waals surface area contributed by atoms with E-state index >= 15 is 0 Å². The zero-order chi connectivity index (χ0) is 15.1. The van der Waals surface area contributed by atoms with Crippen molar-refractivity contribution in [1.82, 2.24) is 4.90 Å². The van der Waals surface area contributed by atoms with E-state index in [0.717, 1.165) is 36.7 Å². The fourth-order valence-electron chi connectivity index (χ4n) is 2.67. The predicted molar refractivity (Wildman–Crippen MR) is 87.7 cm³/mol. The molecule has 0 bridgehead atoms. The van der Waals surface area contributed by atoms with Gasteiger partial charge < -0.3 is 19.7 Å². The molecule has 1 N–H and O–H groups in total. The van der Waals surface area contributed by atoms with Crippen LogP contribution in [0.2, 0.25) is 0 Å². The topological polar surface area (TPSA) is 33.7 Å². The van der Waals surface area contributed by atoms with E-state index in [2.05, 4.69) is 36.3 Å². The molecule has 2 rings (SSSR count). The summed E-state index contributed by atoms with van der Waals surface area (Å²) in [6.07, 6.45) is 4.78. The molecule has 0 unspecified atom stereocenters. The van der Waals surface area contributed by atoms with Crippen LogP contribution in [0.15, 0.2) is 12.1 Å². The third kappa shape index (κ3) is 4.53. The van der Waals surface area contributed by atoms with Crippen molar-refractivity contribution in [1.29, 1.82) is 0 Å². The van der Waals surface area contributed by atoms with Gasteiger partial charge in [0, 0.05) is 6.54 Å². The molecule has 0 aliphatic carbocycles. The molecule has 118 valence electrons. The number of rotatable bonds is 8. The van der Waals surface area contributed by atoms with Crippen LogP contribution < -0.4 is 14.8 Å². The minimum absolute atomic E-state index is 0.699. The number of unbranched alkanes of at least 4 members (excludes halogenated alkanes) is 1. The Kier molecular flexibility index (Phi) is 6.18. The van der Waals surface area contributed by atoms with E-state index in [1.165, 1.54) is 31.4 Å². The van der Waals surface area contributed by atoms with Gasteiger partial charge in [-0.3, -0.25) is 0 Å². The zero-order valence-corrected chi connectivity index (χ0v) is 13.6. The van der Waals surface area contributed by atoms with E-state index in [4.69, 9.17) is 9.47 Å². The molecule has 1 aliphatic rings. The number of ether oxygens (including phenoxy) is 2. The largest absolute Gasteiger partial charge is 0.493 e. The highest BCUT2D eigenvalue weighted by atomic mass is 16.5. The van der Waals surface area contributed by atoms with Crippen LogP contribution in [0.1, 0.15) is 31.7 Å². The molecule has 0 saturated carbocycles. The van der Waals surface area contributed by atoms with Crippen molar-refractivity contribution < 1.29 is 9.47 Å². The van der Waals surface area contributed by atoms with E-state index in [1.54, 1.807) is 7.11 Å². The minimum atomic E-state index is 0.699. The van der Waals surface area contributed by atoms with Gasteiger partial charge in [0.1, 0.15) is 6.61 Å². The number of hydrogen-bond donors (Lipinski definition) is 1. The number of hydrogen-bond acceptors (Lipinski definition) is 4. The van der Waals surface area contributed by atoms with E-state index in [0.29, 0.717) is 6.61 Å². The van der Waals surface area contributed by atoms with E-state index < -0.39 is 0 Å². The van der Waals surface area contributed by atoms with Crippen LogP contribution in [-0.4, -0.2) is 45.3 Å². The Morgan fingerprint density at radius 2 is 2.10 bits per heavy atom. The molecule has 1 heterocycles. The zero-order valence-electron chi connectivity index (χ0n) is 13.6. The molecular formula is C17H28N2O2. The normalized spacial score (nSPS) is 13.5. The first kappa shape index (κ1) is 16.0. The summed E-state index contributed by atoms with van der Waals surface area (Å²) in [5.41, 5.74) is 2.38. The molecule has 0 saturated heterocycles. The number of anilines is 1. The molecule has 0 spiro atoms. The fourth-order valence-corrected chi connectivity index (χ4v) is 2.67. The summed E-state index contributed by atoms with van der Waals surface area (Å²) in [4.78, 5) is 2.42. The van der Waals surface area contributed by atoms with Gasteiger partial charge in [0.25, 0.3) is 0 Å². The maximum atomic E-state index is 5.69. The lowest BCUT2D eigenvalue weighted by molar-refractivity contribution is 0.297. The molecule has 0 radical (unpaired) electrons. The van der Waals surface area contributed by atoms with Crippen LogP contribution in [0, 0.1) is 0 Å². The summed E-state index contributed by atoms with van der Waals surface area (Å²) < 4.78 is 11.2. The Morgan fingerprint density at radius 1 is 1.29 bits per heavy atom. The molecule has 1 aromatic carbocycles. The number of methoxy groups -OCH3 is 1. The van der Waals surface area contributed by atoms with Crippen LogP contribution in [0.3, 0.4) is 0 Å². The smallest absolute Gasteiger partial charge is 0.184 e. The maximum absolute atomic E-state index is 5.69. The second-order valence-corrected chi connectivity index (χ2v) is 5.71. The van der Waals surface area contributed by atoms with Gasteiger partial charge in [0.15, 0.2) is 11.5 Å². The molecule has 0 fully saturated rings. The van der Waals surface area contributed by atoms with Crippen molar-refractivity contribution in [2.24, 2.45) is 0 Å². The monoisotopic (exact) mass is 292 g/mol. The quantitative estimate of drug-likeness (QED) is 0.798. The number of nitrogens with zero attached hydrogens (tertiary/aromatic N) is 1. The average Bonchev–Trinajstić information content (AvgIpc) is 2.52. The Morgan fingerprint density at radius 3 is 2.86 bits per heavy atom. The first-order valence-electron chi connectivity index (χ1n) is 8.00. The highest BCUT2D eigenvalue weighted by molar-refractivity contribution is 5.66. The Hall–Kier alpha value is -1.42. The van der Waals surface area contributed by atoms with Crippen LogP contribution in [0.5, 0.6) is 11.5 Å².